The maximum atomic E-state index is 12.7. The van der Waals surface area contributed by atoms with Crippen molar-refractivity contribution in [2.45, 2.75) is 38.4 Å². The Morgan fingerprint density at radius 2 is 1.95 bits per heavy atom. The Morgan fingerprint density at radius 1 is 1.25 bits per heavy atom. The highest BCUT2D eigenvalue weighted by atomic mass is 19.4. The summed E-state index contributed by atoms with van der Waals surface area (Å²) in [6.07, 6.45) is -1.20. The second-order valence-corrected chi connectivity index (χ2v) is 5.26. The summed E-state index contributed by atoms with van der Waals surface area (Å²) >= 11 is 0. The summed E-state index contributed by atoms with van der Waals surface area (Å²) in [7, 11) is 0. The van der Waals surface area contributed by atoms with Gasteiger partial charge in [-0.05, 0) is 44.0 Å². The van der Waals surface area contributed by atoms with Crippen LogP contribution in [0, 0.1) is 0 Å². The van der Waals surface area contributed by atoms with Crippen LogP contribution in [-0.4, -0.2) is 25.7 Å². The molecule has 112 valence electrons. The Bertz CT molecular complexity index is 423. The summed E-state index contributed by atoms with van der Waals surface area (Å²) in [4.78, 5) is 2.04. The van der Waals surface area contributed by atoms with Crippen LogP contribution in [-0.2, 0) is 6.18 Å². The number of benzene rings is 1. The summed E-state index contributed by atoms with van der Waals surface area (Å²) in [5.41, 5.74) is 0.106. The van der Waals surface area contributed by atoms with Crippen molar-refractivity contribution in [3.05, 3.63) is 29.8 Å². The molecule has 0 aromatic heterocycles. The third-order valence-corrected chi connectivity index (χ3v) is 3.72. The second kappa shape index (κ2) is 6.48. The van der Waals surface area contributed by atoms with Gasteiger partial charge in [0, 0.05) is 24.8 Å². The quantitative estimate of drug-likeness (QED) is 0.908. The van der Waals surface area contributed by atoms with Gasteiger partial charge in [-0.15, -0.1) is 0 Å². The highest BCUT2D eigenvalue weighted by Crippen LogP contribution is 2.32. The zero-order chi connectivity index (χ0) is 14.6. The molecule has 1 saturated heterocycles. The van der Waals surface area contributed by atoms with E-state index in [4.69, 9.17) is 0 Å². The van der Waals surface area contributed by atoms with E-state index in [1.165, 1.54) is 12.1 Å². The molecule has 1 aromatic carbocycles. The van der Waals surface area contributed by atoms with Gasteiger partial charge in [0.15, 0.2) is 0 Å². The summed E-state index contributed by atoms with van der Waals surface area (Å²) in [6.45, 7) is 4.75. The largest absolute Gasteiger partial charge is 0.416 e. The van der Waals surface area contributed by atoms with E-state index in [0.29, 0.717) is 11.7 Å². The first-order chi connectivity index (χ1) is 9.50. The Hall–Kier alpha value is -1.23. The van der Waals surface area contributed by atoms with E-state index in [9.17, 15) is 13.2 Å². The number of hydrogen-bond acceptors (Lipinski definition) is 2. The molecule has 1 fully saturated rings. The summed E-state index contributed by atoms with van der Waals surface area (Å²) in [5, 5.41) is 3.47. The van der Waals surface area contributed by atoms with Crippen molar-refractivity contribution in [3.63, 3.8) is 0 Å². The van der Waals surface area contributed by atoms with Crippen LogP contribution in [0.25, 0.3) is 0 Å². The van der Waals surface area contributed by atoms with Crippen LogP contribution < -0.4 is 10.2 Å². The van der Waals surface area contributed by atoms with Crippen molar-refractivity contribution in [3.8, 4) is 0 Å². The lowest BCUT2D eigenvalue weighted by Gasteiger charge is -2.34. The molecule has 2 nitrogen and oxygen atoms in total. The first-order valence-electron chi connectivity index (χ1n) is 7.16. The average Bonchev–Trinajstić information content (AvgIpc) is 2.45. The SMILES string of the molecule is CCCNC1CCN(c2cccc(C(F)(F)F)c2)CC1. The predicted octanol–water partition coefficient (Wildman–Crippen LogP) is 3.67. The Balaban J connectivity index is 1.97. The minimum absolute atomic E-state index is 0.497. The number of nitrogens with zero attached hydrogens (tertiary/aromatic N) is 1. The van der Waals surface area contributed by atoms with Crippen molar-refractivity contribution >= 4 is 5.69 Å². The van der Waals surface area contributed by atoms with E-state index in [0.717, 1.165) is 45.0 Å². The van der Waals surface area contributed by atoms with E-state index >= 15 is 0 Å². The molecule has 0 aliphatic carbocycles. The maximum absolute atomic E-state index is 12.7. The second-order valence-electron chi connectivity index (χ2n) is 5.26. The molecule has 0 unspecified atom stereocenters. The number of rotatable bonds is 4. The van der Waals surface area contributed by atoms with Crippen molar-refractivity contribution in [2.24, 2.45) is 0 Å². The molecule has 5 heteroatoms. The van der Waals surface area contributed by atoms with Gasteiger partial charge in [-0.2, -0.15) is 13.2 Å². The van der Waals surface area contributed by atoms with Crippen LogP contribution in [0.1, 0.15) is 31.7 Å². The fraction of sp³-hybridized carbons (Fsp3) is 0.600. The van der Waals surface area contributed by atoms with Gasteiger partial charge in [-0.1, -0.05) is 13.0 Å². The molecule has 0 saturated carbocycles. The highest BCUT2D eigenvalue weighted by Gasteiger charge is 2.31. The number of piperidine rings is 1. The van der Waals surface area contributed by atoms with Crippen LogP contribution in [0.15, 0.2) is 24.3 Å². The fourth-order valence-corrected chi connectivity index (χ4v) is 2.57. The molecule has 1 aromatic rings. The van der Waals surface area contributed by atoms with Gasteiger partial charge < -0.3 is 10.2 Å². The van der Waals surface area contributed by atoms with Crippen molar-refractivity contribution in [2.75, 3.05) is 24.5 Å². The van der Waals surface area contributed by atoms with Crippen LogP contribution >= 0.6 is 0 Å². The molecular formula is C15H21F3N2. The molecule has 20 heavy (non-hydrogen) atoms. The molecule has 1 heterocycles. The predicted molar refractivity (Wildman–Crippen MR) is 75.0 cm³/mol. The van der Waals surface area contributed by atoms with Gasteiger partial charge in [0.1, 0.15) is 0 Å². The lowest BCUT2D eigenvalue weighted by Crippen LogP contribution is -2.42. The smallest absolute Gasteiger partial charge is 0.371 e. The molecule has 0 atom stereocenters. The number of anilines is 1. The van der Waals surface area contributed by atoms with Crippen LogP contribution in [0.4, 0.5) is 18.9 Å². The summed E-state index contributed by atoms with van der Waals surface area (Å²) in [5.74, 6) is 0. The minimum Gasteiger partial charge on any atom is -0.371 e. The number of nitrogens with one attached hydrogen (secondary N) is 1. The molecular weight excluding hydrogens is 265 g/mol. The van der Waals surface area contributed by atoms with E-state index in [2.05, 4.69) is 12.2 Å². The molecule has 2 rings (SSSR count). The van der Waals surface area contributed by atoms with Gasteiger partial charge in [0.25, 0.3) is 0 Å². The first kappa shape index (κ1) is 15.2. The van der Waals surface area contributed by atoms with Gasteiger partial charge in [-0.25, -0.2) is 0 Å². The molecule has 1 aliphatic rings. The zero-order valence-electron chi connectivity index (χ0n) is 11.7. The highest BCUT2D eigenvalue weighted by molar-refractivity contribution is 5.49. The van der Waals surface area contributed by atoms with Crippen LogP contribution in [0.3, 0.4) is 0 Å². The molecule has 0 amide bonds. The van der Waals surface area contributed by atoms with E-state index in [1.807, 2.05) is 4.90 Å². The van der Waals surface area contributed by atoms with Gasteiger partial charge in [-0.3, -0.25) is 0 Å². The molecule has 1 aliphatic heterocycles. The van der Waals surface area contributed by atoms with Gasteiger partial charge >= 0.3 is 6.18 Å². The van der Waals surface area contributed by atoms with Gasteiger partial charge in [0.05, 0.1) is 5.56 Å². The number of halogens is 3. The van der Waals surface area contributed by atoms with Crippen molar-refractivity contribution in [1.82, 2.24) is 5.32 Å². The minimum atomic E-state index is -4.27. The lowest BCUT2D eigenvalue weighted by molar-refractivity contribution is -0.137. The third-order valence-electron chi connectivity index (χ3n) is 3.72. The third kappa shape index (κ3) is 3.88. The van der Waals surface area contributed by atoms with Crippen LogP contribution in [0.2, 0.25) is 0 Å². The molecule has 0 bridgehead atoms. The maximum Gasteiger partial charge on any atom is 0.416 e. The number of alkyl halides is 3. The standard InChI is InChI=1S/C15H21F3N2/c1-2-8-19-13-6-9-20(10-7-13)14-5-3-4-12(11-14)15(16,17)18/h3-5,11,13,19H,2,6-10H2,1H3. The summed E-state index contributed by atoms with van der Waals surface area (Å²) in [6, 6.07) is 6.12. The first-order valence-corrected chi connectivity index (χ1v) is 7.16. The topological polar surface area (TPSA) is 15.3 Å². The zero-order valence-corrected chi connectivity index (χ0v) is 11.7. The van der Waals surface area contributed by atoms with E-state index < -0.39 is 11.7 Å². The van der Waals surface area contributed by atoms with Crippen molar-refractivity contribution < 1.29 is 13.2 Å². The number of hydrogen-bond donors (Lipinski definition) is 1. The van der Waals surface area contributed by atoms with E-state index in [-0.39, 0.29) is 0 Å². The van der Waals surface area contributed by atoms with Crippen molar-refractivity contribution in [1.29, 1.82) is 0 Å². The lowest BCUT2D eigenvalue weighted by atomic mass is 10.0. The normalized spacial score (nSPS) is 17.5. The molecule has 0 radical (unpaired) electrons. The van der Waals surface area contributed by atoms with Crippen LogP contribution in [0.5, 0.6) is 0 Å². The fourth-order valence-electron chi connectivity index (χ4n) is 2.57. The Labute approximate surface area is 118 Å². The molecule has 0 spiro atoms. The van der Waals surface area contributed by atoms with Gasteiger partial charge in [0.2, 0.25) is 0 Å². The average molecular weight is 286 g/mol. The summed E-state index contributed by atoms with van der Waals surface area (Å²) < 4.78 is 38.1. The Morgan fingerprint density at radius 3 is 2.55 bits per heavy atom. The monoisotopic (exact) mass is 286 g/mol. The van der Waals surface area contributed by atoms with E-state index in [1.54, 1.807) is 6.07 Å². The Kier molecular flexibility index (Phi) is 4.91. The molecule has 1 N–H and O–H groups in total.